The summed E-state index contributed by atoms with van der Waals surface area (Å²) >= 11 is 0. The fourth-order valence-electron chi connectivity index (χ4n) is 3.25. The average molecular weight is 522 g/mol. The van der Waals surface area contributed by atoms with Crippen LogP contribution in [-0.4, -0.2) is 47.3 Å². The molecule has 0 saturated carbocycles. The molecule has 1 aliphatic rings. The zero-order valence-electron chi connectivity index (χ0n) is 19.6. The summed E-state index contributed by atoms with van der Waals surface area (Å²) in [7, 11) is -3.08. The minimum atomic E-state index is -4.23. The van der Waals surface area contributed by atoms with Crippen LogP contribution in [0.25, 0.3) is 0 Å². The molecule has 1 aromatic carbocycles. The van der Waals surface area contributed by atoms with Gasteiger partial charge in [-0.1, -0.05) is 24.3 Å². The van der Waals surface area contributed by atoms with Crippen LogP contribution in [0.2, 0.25) is 0 Å². The van der Waals surface area contributed by atoms with Crippen molar-refractivity contribution in [2.75, 3.05) is 13.7 Å². The van der Waals surface area contributed by atoms with Crippen molar-refractivity contribution in [3.8, 4) is 5.75 Å². The lowest BCUT2D eigenvalue weighted by molar-refractivity contribution is -0.143. The fourth-order valence-corrected chi connectivity index (χ4v) is 4.79. The number of benzene rings is 1. The number of primary amides is 1. The number of carbonyl (C=O) groups excluding carboxylic acids is 2. The Balaban J connectivity index is 1.74. The molecule has 4 atom stereocenters. The van der Waals surface area contributed by atoms with Gasteiger partial charge in [0.25, 0.3) is 5.56 Å². The first-order valence-corrected chi connectivity index (χ1v) is 12.4. The van der Waals surface area contributed by atoms with Crippen LogP contribution in [0.5, 0.6) is 5.75 Å². The number of esters is 1. The van der Waals surface area contributed by atoms with Crippen LogP contribution in [0.3, 0.4) is 0 Å². The van der Waals surface area contributed by atoms with E-state index in [1.807, 2.05) is 0 Å². The van der Waals surface area contributed by atoms with E-state index in [1.165, 1.54) is 10.8 Å². The molecule has 2 heterocycles. The normalized spacial score (nSPS) is 19.4. The third-order valence-electron chi connectivity index (χ3n) is 5.08. The number of nitrogens with zero attached hydrogens (tertiary/aromatic N) is 1. The summed E-state index contributed by atoms with van der Waals surface area (Å²) in [5.41, 5.74) is 4.35. The molecule has 13 nitrogen and oxygen atoms in total. The van der Waals surface area contributed by atoms with Crippen LogP contribution in [0.15, 0.2) is 58.3 Å². The maximum atomic E-state index is 13.6. The second kappa shape index (κ2) is 12.0. The van der Waals surface area contributed by atoms with E-state index in [0.29, 0.717) is 5.56 Å². The number of hydrogen-bond acceptors (Lipinski definition) is 9. The highest BCUT2D eigenvalue weighted by atomic mass is 31.2. The minimum Gasteiger partial charge on any atom is -0.468 e. The van der Waals surface area contributed by atoms with E-state index in [2.05, 4.69) is 10.1 Å². The number of nitrogens with two attached hydrogens (primary N) is 1. The molecule has 0 spiro atoms. The number of hydrogen-bond donors (Lipinski definition) is 3. The minimum absolute atomic E-state index is 0.107. The number of para-hydroxylation sites is 1. The Morgan fingerprint density at radius 1 is 1.25 bits per heavy atom. The molecule has 0 aliphatic carbocycles. The number of rotatable bonds is 12. The van der Waals surface area contributed by atoms with E-state index in [4.69, 9.17) is 24.3 Å². The Morgan fingerprint density at radius 3 is 2.64 bits per heavy atom. The van der Waals surface area contributed by atoms with Crippen LogP contribution >= 0.6 is 7.75 Å². The number of carbonyl (C=O) groups is 2. The summed E-state index contributed by atoms with van der Waals surface area (Å²) < 4.78 is 36.5. The highest BCUT2D eigenvalue weighted by molar-refractivity contribution is 7.52. The summed E-state index contributed by atoms with van der Waals surface area (Å²) in [6.45, 7) is 1.26. The number of aromatic amines is 1. The first-order chi connectivity index (χ1) is 17.1. The Labute approximate surface area is 205 Å². The van der Waals surface area contributed by atoms with Gasteiger partial charge in [-0.15, -0.1) is 0 Å². The summed E-state index contributed by atoms with van der Waals surface area (Å²) in [6, 6.07) is 6.91. The molecule has 0 bridgehead atoms. The smallest absolute Gasteiger partial charge is 0.459 e. The zero-order chi connectivity index (χ0) is 26.3. The monoisotopic (exact) mass is 522 g/mol. The molecular formula is C22H27N4O9P. The van der Waals surface area contributed by atoms with Gasteiger partial charge in [-0.2, -0.15) is 5.09 Å². The first-order valence-electron chi connectivity index (χ1n) is 10.9. The molecule has 194 valence electrons. The Kier molecular flexibility index (Phi) is 8.99. The van der Waals surface area contributed by atoms with Gasteiger partial charge in [-0.25, -0.2) is 9.36 Å². The van der Waals surface area contributed by atoms with E-state index in [9.17, 15) is 23.7 Å². The van der Waals surface area contributed by atoms with E-state index in [1.54, 1.807) is 49.4 Å². The van der Waals surface area contributed by atoms with Gasteiger partial charge in [0.15, 0.2) is 6.23 Å². The lowest BCUT2D eigenvalue weighted by atomic mass is 10.1. The maximum absolute atomic E-state index is 13.6. The number of ether oxygens (including phenoxy) is 2. The van der Waals surface area contributed by atoms with Crippen LogP contribution < -0.4 is 26.6 Å². The summed E-state index contributed by atoms with van der Waals surface area (Å²) in [4.78, 5) is 49.4. The molecule has 0 radical (unpaired) electrons. The van der Waals surface area contributed by atoms with Gasteiger partial charge in [-0.05, 0) is 31.6 Å². The molecular weight excluding hydrogens is 495 g/mol. The molecule has 1 aliphatic heterocycles. The fraction of sp³-hybridized carbons (Fsp3) is 0.364. The highest BCUT2D eigenvalue weighted by Crippen LogP contribution is 2.45. The van der Waals surface area contributed by atoms with Crippen LogP contribution in [0, 0.1) is 6.92 Å². The summed E-state index contributed by atoms with van der Waals surface area (Å²) in [6.07, 6.45) is 2.67. The third-order valence-corrected chi connectivity index (χ3v) is 6.65. The largest absolute Gasteiger partial charge is 0.468 e. The SMILES string of the molecule is COC(=O)[C@H](CCC(N)=O)NP(=O)(OC[C@@H]1C=C[C@H](n2cc(C)c(=O)[nH]c2=O)O1)Oc1ccccc1. The van der Waals surface area contributed by atoms with Crippen molar-refractivity contribution in [2.24, 2.45) is 5.73 Å². The van der Waals surface area contributed by atoms with Gasteiger partial charge in [0.05, 0.1) is 13.7 Å². The summed E-state index contributed by atoms with van der Waals surface area (Å²) in [5, 5.41) is 2.53. The van der Waals surface area contributed by atoms with Gasteiger partial charge in [0, 0.05) is 18.2 Å². The lowest BCUT2D eigenvalue weighted by Crippen LogP contribution is -2.38. The molecule has 0 saturated heterocycles. The molecule has 0 fully saturated rings. The first kappa shape index (κ1) is 27.1. The Hall–Kier alpha value is -3.51. The standard InChI is InChI=1S/C22H27N4O9P/c1-14-12-26(22(30)24-20(14)28)19-11-8-16(34-19)13-33-36(31,35-15-6-4-3-5-7-15)25-17(21(29)32-2)9-10-18(23)27/h3-8,11-12,16-17,19H,9-10,13H2,1-2H3,(H2,23,27)(H,25,31)(H,24,28,30)/t16-,17-,19+,36?/m0/s1. The van der Waals surface area contributed by atoms with Gasteiger partial charge < -0.3 is 19.7 Å². The van der Waals surface area contributed by atoms with Crippen molar-refractivity contribution in [1.29, 1.82) is 0 Å². The average Bonchev–Trinajstić information content (AvgIpc) is 3.32. The van der Waals surface area contributed by atoms with E-state index in [-0.39, 0.29) is 25.2 Å². The number of methoxy groups -OCH3 is 1. The van der Waals surface area contributed by atoms with Gasteiger partial charge in [0.2, 0.25) is 5.91 Å². The molecule has 4 N–H and O–H groups in total. The van der Waals surface area contributed by atoms with Crippen molar-refractivity contribution in [1.82, 2.24) is 14.6 Å². The van der Waals surface area contributed by atoms with E-state index in [0.717, 1.165) is 7.11 Å². The van der Waals surface area contributed by atoms with E-state index >= 15 is 0 Å². The second-order valence-electron chi connectivity index (χ2n) is 7.84. The molecule has 36 heavy (non-hydrogen) atoms. The molecule has 2 aromatic rings. The number of aryl methyl sites for hydroxylation is 1. The molecule has 14 heteroatoms. The number of nitrogens with one attached hydrogen (secondary N) is 2. The van der Waals surface area contributed by atoms with Crippen molar-refractivity contribution in [2.45, 2.75) is 38.1 Å². The summed E-state index contributed by atoms with van der Waals surface area (Å²) in [5.74, 6) is -1.25. The number of amides is 1. The third kappa shape index (κ3) is 7.25. The molecule has 3 rings (SSSR count). The quantitative estimate of drug-likeness (QED) is 0.206. The van der Waals surface area contributed by atoms with Crippen LogP contribution in [0.1, 0.15) is 24.6 Å². The van der Waals surface area contributed by atoms with E-state index < -0.39 is 49.2 Å². The Morgan fingerprint density at radius 2 is 1.97 bits per heavy atom. The molecule has 1 unspecified atom stereocenters. The predicted octanol–water partition coefficient (Wildman–Crippen LogP) is 0.899. The van der Waals surface area contributed by atoms with Crippen LogP contribution in [0.4, 0.5) is 0 Å². The van der Waals surface area contributed by atoms with Crippen molar-refractivity contribution < 1.29 is 32.7 Å². The molecule has 1 aromatic heterocycles. The highest BCUT2D eigenvalue weighted by Gasteiger charge is 2.36. The Bertz CT molecular complexity index is 1270. The zero-order valence-corrected chi connectivity index (χ0v) is 20.5. The van der Waals surface area contributed by atoms with Crippen molar-refractivity contribution >= 4 is 19.6 Å². The topological polar surface area (TPSA) is 181 Å². The van der Waals surface area contributed by atoms with Gasteiger partial charge in [0.1, 0.15) is 17.9 Å². The van der Waals surface area contributed by atoms with Crippen molar-refractivity contribution in [3.63, 3.8) is 0 Å². The van der Waals surface area contributed by atoms with Crippen LogP contribution in [-0.2, 0) is 28.2 Å². The second-order valence-corrected chi connectivity index (χ2v) is 9.53. The van der Waals surface area contributed by atoms with Crippen molar-refractivity contribution in [3.05, 3.63) is 75.1 Å². The lowest BCUT2D eigenvalue weighted by Gasteiger charge is -2.25. The number of aromatic nitrogens is 2. The van der Waals surface area contributed by atoms with Gasteiger partial charge >= 0.3 is 19.4 Å². The number of H-pyrrole nitrogens is 1. The van der Waals surface area contributed by atoms with Gasteiger partial charge in [-0.3, -0.25) is 28.5 Å². The molecule has 1 amide bonds. The predicted molar refractivity (Wildman–Crippen MR) is 127 cm³/mol. The maximum Gasteiger partial charge on any atom is 0.459 e.